The predicted molar refractivity (Wildman–Crippen MR) is 90.1 cm³/mol. The number of nitrogens with zero attached hydrogens (tertiary/aromatic N) is 2. The molecule has 22 heavy (non-hydrogen) atoms. The van der Waals surface area contributed by atoms with Gasteiger partial charge >= 0.3 is 0 Å². The molecular formula is C17H24N2O2S. The average molecular weight is 320 g/mol. The second kappa shape index (κ2) is 5.10. The fraction of sp³-hybridized carbons (Fsp3) is 0.529. The number of sulfone groups is 1. The van der Waals surface area contributed by atoms with Crippen LogP contribution in [0.5, 0.6) is 0 Å². The van der Waals surface area contributed by atoms with Gasteiger partial charge in [0.25, 0.3) is 0 Å². The Morgan fingerprint density at radius 1 is 1.23 bits per heavy atom. The Balaban J connectivity index is 2.11. The maximum absolute atomic E-state index is 12.2. The molecule has 0 bridgehead atoms. The largest absolute Gasteiger partial charge is 0.346 e. The van der Waals surface area contributed by atoms with Gasteiger partial charge in [0.05, 0.1) is 10.6 Å². The second-order valence-corrected chi connectivity index (χ2v) is 9.13. The summed E-state index contributed by atoms with van der Waals surface area (Å²) in [6, 6.07) is 5.83. The molecule has 0 N–H and O–H groups in total. The molecule has 0 saturated carbocycles. The van der Waals surface area contributed by atoms with Crippen molar-refractivity contribution in [2.45, 2.75) is 43.7 Å². The van der Waals surface area contributed by atoms with Crippen LogP contribution in [0.1, 0.15) is 25.8 Å². The number of likely N-dealkylation sites (N-methyl/N-ethyl adjacent to an activating group) is 1. The van der Waals surface area contributed by atoms with Crippen LogP contribution in [0.2, 0.25) is 0 Å². The lowest BCUT2D eigenvalue weighted by molar-refractivity contribution is 0.171. The third kappa shape index (κ3) is 2.46. The number of aromatic nitrogens is 1. The molecule has 0 radical (unpaired) electrons. The van der Waals surface area contributed by atoms with E-state index < -0.39 is 9.84 Å². The quantitative estimate of drug-likeness (QED) is 0.873. The van der Waals surface area contributed by atoms with Gasteiger partial charge in [0.1, 0.15) is 0 Å². The van der Waals surface area contributed by atoms with Crippen LogP contribution in [0.3, 0.4) is 0 Å². The Kier molecular flexibility index (Phi) is 3.61. The molecule has 1 aliphatic rings. The van der Waals surface area contributed by atoms with Crippen LogP contribution in [-0.4, -0.2) is 43.3 Å². The highest BCUT2D eigenvalue weighted by Gasteiger charge is 2.27. The summed E-state index contributed by atoms with van der Waals surface area (Å²) in [5.41, 5.74) is 2.17. The van der Waals surface area contributed by atoms with Gasteiger partial charge in [0.15, 0.2) is 9.84 Å². The van der Waals surface area contributed by atoms with Crippen LogP contribution in [0, 0.1) is 0 Å². The van der Waals surface area contributed by atoms with Crippen LogP contribution in [-0.2, 0) is 22.8 Å². The predicted octanol–water partition coefficient (Wildman–Crippen LogP) is 2.70. The maximum atomic E-state index is 12.2. The minimum Gasteiger partial charge on any atom is -0.346 e. The van der Waals surface area contributed by atoms with Crippen LogP contribution in [0.15, 0.2) is 29.3 Å². The highest BCUT2D eigenvalue weighted by atomic mass is 32.2. The molecule has 120 valence electrons. The van der Waals surface area contributed by atoms with Gasteiger partial charge in [-0.25, -0.2) is 8.42 Å². The zero-order chi connectivity index (χ0) is 16.1. The van der Waals surface area contributed by atoms with Gasteiger partial charge in [-0.15, -0.1) is 0 Å². The summed E-state index contributed by atoms with van der Waals surface area (Å²) in [5, 5.41) is 1.09. The molecule has 5 heteroatoms. The van der Waals surface area contributed by atoms with E-state index >= 15 is 0 Å². The van der Waals surface area contributed by atoms with E-state index in [1.807, 2.05) is 6.07 Å². The number of aryl methyl sites for hydroxylation is 1. The van der Waals surface area contributed by atoms with Gasteiger partial charge in [-0.05, 0) is 64.5 Å². The first-order valence-electron chi connectivity index (χ1n) is 7.73. The first-order chi connectivity index (χ1) is 10.2. The van der Waals surface area contributed by atoms with E-state index in [0.717, 1.165) is 35.9 Å². The Morgan fingerprint density at radius 3 is 2.64 bits per heavy atom. The molecule has 0 atom stereocenters. The first-order valence-corrected chi connectivity index (χ1v) is 9.38. The number of benzene rings is 1. The fourth-order valence-electron chi connectivity index (χ4n) is 3.11. The lowest BCUT2D eigenvalue weighted by Crippen LogP contribution is -2.41. The summed E-state index contributed by atoms with van der Waals surface area (Å²) in [6.07, 6.45) is 3.66. The van der Waals surface area contributed by atoms with Crippen LogP contribution >= 0.6 is 0 Å². The monoisotopic (exact) mass is 320 g/mol. The molecule has 0 fully saturated rings. The van der Waals surface area contributed by atoms with E-state index in [4.69, 9.17) is 0 Å². The maximum Gasteiger partial charge on any atom is 0.178 e. The van der Waals surface area contributed by atoms with Crippen LogP contribution < -0.4 is 0 Å². The molecule has 0 saturated heterocycles. The van der Waals surface area contributed by atoms with Crippen LogP contribution in [0.25, 0.3) is 10.9 Å². The zero-order valence-electron chi connectivity index (χ0n) is 13.8. The number of rotatable bonds is 3. The second-order valence-electron chi connectivity index (χ2n) is 7.05. The average Bonchev–Trinajstić information content (AvgIpc) is 2.81. The standard InChI is InChI=1S/C17H24N2O2S/c1-17(2,18(3)4)12-19-10-9-13-14-6-5-11-22(20,21)16(14)8-7-15(13)19/h7-10H,5-6,11-12H2,1-4H3. The van der Waals surface area contributed by atoms with Crippen molar-refractivity contribution < 1.29 is 8.42 Å². The van der Waals surface area contributed by atoms with Crippen molar-refractivity contribution >= 4 is 20.7 Å². The van der Waals surface area contributed by atoms with Gasteiger partial charge in [-0.2, -0.15) is 0 Å². The molecule has 0 spiro atoms. The molecule has 0 amide bonds. The lowest BCUT2D eigenvalue weighted by Gasteiger charge is -2.33. The SMILES string of the molecule is CN(C)C(C)(C)Cn1ccc2c3c(ccc21)S(=O)(=O)CCC3. The lowest BCUT2D eigenvalue weighted by atomic mass is 10.0. The van der Waals surface area contributed by atoms with E-state index in [9.17, 15) is 8.42 Å². The number of hydrogen-bond donors (Lipinski definition) is 0. The van der Waals surface area contributed by atoms with E-state index in [-0.39, 0.29) is 11.3 Å². The first kappa shape index (κ1) is 15.6. The zero-order valence-corrected chi connectivity index (χ0v) is 14.6. The summed E-state index contributed by atoms with van der Waals surface area (Å²) in [6.45, 7) is 5.29. The third-order valence-electron chi connectivity index (χ3n) is 4.96. The Labute approximate surface area is 132 Å². The van der Waals surface area contributed by atoms with E-state index in [1.54, 1.807) is 6.07 Å². The van der Waals surface area contributed by atoms with Crippen molar-refractivity contribution in [1.82, 2.24) is 9.47 Å². The molecule has 0 unspecified atom stereocenters. The molecule has 1 aliphatic heterocycles. The molecule has 4 nitrogen and oxygen atoms in total. The summed E-state index contributed by atoms with van der Waals surface area (Å²) >= 11 is 0. The third-order valence-corrected chi connectivity index (χ3v) is 6.84. The Bertz CT molecular complexity index is 817. The molecule has 0 aliphatic carbocycles. The van der Waals surface area contributed by atoms with Gasteiger partial charge in [-0.1, -0.05) is 0 Å². The summed E-state index contributed by atoms with van der Waals surface area (Å²) in [5.74, 6) is 0.278. The highest BCUT2D eigenvalue weighted by molar-refractivity contribution is 7.91. The summed E-state index contributed by atoms with van der Waals surface area (Å²) in [4.78, 5) is 2.75. The van der Waals surface area contributed by atoms with Crippen molar-refractivity contribution in [3.05, 3.63) is 30.0 Å². The molecule has 1 aromatic heterocycles. The Morgan fingerprint density at radius 2 is 1.95 bits per heavy atom. The molecular weight excluding hydrogens is 296 g/mol. The molecule has 2 aromatic rings. The van der Waals surface area contributed by atoms with Gasteiger partial charge in [-0.3, -0.25) is 0 Å². The smallest absolute Gasteiger partial charge is 0.178 e. The fourth-order valence-corrected chi connectivity index (χ4v) is 4.71. The number of hydrogen-bond acceptors (Lipinski definition) is 3. The summed E-state index contributed by atoms with van der Waals surface area (Å²) in [7, 11) is 1.08. The minimum absolute atomic E-state index is 0.0356. The molecule has 1 aromatic carbocycles. The molecule has 3 rings (SSSR count). The normalized spacial score (nSPS) is 17.9. The minimum atomic E-state index is -3.09. The topological polar surface area (TPSA) is 42.3 Å². The van der Waals surface area contributed by atoms with Gasteiger partial charge in [0.2, 0.25) is 0 Å². The van der Waals surface area contributed by atoms with E-state index in [2.05, 4.69) is 49.7 Å². The van der Waals surface area contributed by atoms with E-state index in [0.29, 0.717) is 4.90 Å². The van der Waals surface area contributed by atoms with E-state index in [1.165, 1.54) is 0 Å². The van der Waals surface area contributed by atoms with Crippen molar-refractivity contribution in [2.75, 3.05) is 19.8 Å². The van der Waals surface area contributed by atoms with Crippen molar-refractivity contribution in [2.24, 2.45) is 0 Å². The van der Waals surface area contributed by atoms with Gasteiger partial charge < -0.3 is 9.47 Å². The Hall–Kier alpha value is -1.33. The highest BCUT2D eigenvalue weighted by Crippen LogP contribution is 2.32. The van der Waals surface area contributed by atoms with Gasteiger partial charge in [0, 0.05) is 29.2 Å². The van der Waals surface area contributed by atoms with Crippen molar-refractivity contribution in [1.29, 1.82) is 0 Å². The summed E-state index contributed by atoms with van der Waals surface area (Å²) < 4.78 is 26.7. The van der Waals surface area contributed by atoms with Crippen LogP contribution in [0.4, 0.5) is 0 Å². The number of fused-ring (bicyclic) bond motifs is 3. The molecule has 2 heterocycles. The van der Waals surface area contributed by atoms with Crippen molar-refractivity contribution in [3.8, 4) is 0 Å². The van der Waals surface area contributed by atoms with Crippen molar-refractivity contribution in [3.63, 3.8) is 0 Å².